The number of ether oxygens (including phenoxy) is 1. The zero-order chi connectivity index (χ0) is 31.8. The van der Waals surface area contributed by atoms with Gasteiger partial charge in [-0.05, 0) is 52.8 Å². The van der Waals surface area contributed by atoms with Gasteiger partial charge >= 0.3 is 51.4 Å². The number of benzene rings is 4. The van der Waals surface area contributed by atoms with Gasteiger partial charge in [-0.2, -0.15) is 4.57 Å². The smallest absolute Gasteiger partial charge is 0.748 e. The fraction of sp³-hybridized carbons (Fsp3) is 0.182. The SMILES string of the molecule is CCC(/C=C1\Oc2ccc(-c3ccccc3)cc2N1CS(=O)(=O)[O-])=C\c1sc2ccc3ccccc3c2[n+]1CCCS(=O)(=O)[O-].[K+]. The fourth-order valence-electron chi connectivity index (χ4n) is 5.48. The van der Waals surface area contributed by atoms with Crippen LogP contribution in [-0.4, -0.2) is 37.6 Å². The van der Waals surface area contributed by atoms with E-state index in [0.29, 0.717) is 24.4 Å². The number of hydrogen-bond acceptors (Lipinski definition) is 9. The fourth-order valence-corrected chi connectivity index (χ4v) is 7.72. The molecule has 0 amide bonds. The van der Waals surface area contributed by atoms with Crippen molar-refractivity contribution in [1.82, 2.24) is 0 Å². The molecule has 46 heavy (non-hydrogen) atoms. The number of anilines is 1. The minimum absolute atomic E-state index is 0. The summed E-state index contributed by atoms with van der Waals surface area (Å²) in [7, 11) is -9.05. The second kappa shape index (κ2) is 14.4. The molecule has 0 radical (unpaired) electrons. The Kier molecular flexibility index (Phi) is 10.9. The molecule has 0 unspecified atom stereocenters. The van der Waals surface area contributed by atoms with E-state index in [-0.39, 0.29) is 63.7 Å². The summed E-state index contributed by atoms with van der Waals surface area (Å²) in [6.07, 6.45) is 4.36. The van der Waals surface area contributed by atoms with Crippen molar-refractivity contribution >= 4 is 64.3 Å². The first-order valence-electron chi connectivity index (χ1n) is 14.3. The summed E-state index contributed by atoms with van der Waals surface area (Å²) in [5, 5.41) is 2.86. The summed E-state index contributed by atoms with van der Waals surface area (Å²) in [6.45, 7) is 2.25. The summed E-state index contributed by atoms with van der Waals surface area (Å²) in [4.78, 5) is 1.37. The minimum atomic E-state index is -4.67. The van der Waals surface area contributed by atoms with Crippen molar-refractivity contribution < 1.29 is 86.6 Å². The van der Waals surface area contributed by atoms with Crippen LogP contribution in [0.15, 0.2) is 102 Å². The van der Waals surface area contributed by atoms with Gasteiger partial charge in [-0.3, -0.25) is 4.90 Å². The molecule has 0 aliphatic carbocycles. The first-order chi connectivity index (χ1) is 21.5. The number of allylic oxidation sites excluding steroid dienone is 2. The molecule has 6 rings (SSSR count). The molecule has 0 bridgehead atoms. The Morgan fingerprint density at radius 3 is 2.37 bits per heavy atom. The predicted octanol–water partition coefficient (Wildman–Crippen LogP) is 2.98. The molecule has 0 fully saturated rings. The van der Waals surface area contributed by atoms with E-state index in [1.807, 2.05) is 90.4 Å². The van der Waals surface area contributed by atoms with E-state index in [1.54, 1.807) is 18.2 Å². The van der Waals surface area contributed by atoms with Gasteiger partial charge in [0.2, 0.25) is 11.4 Å². The van der Waals surface area contributed by atoms with Gasteiger partial charge in [-0.25, -0.2) is 16.8 Å². The van der Waals surface area contributed by atoms with Crippen molar-refractivity contribution in [2.75, 3.05) is 16.5 Å². The molecule has 0 spiro atoms. The quantitative estimate of drug-likeness (QED) is 0.124. The van der Waals surface area contributed by atoms with Crippen LogP contribution < -0.4 is 65.6 Å². The third-order valence-corrected chi connectivity index (χ3v) is 10.0. The van der Waals surface area contributed by atoms with Crippen molar-refractivity contribution in [2.24, 2.45) is 0 Å². The van der Waals surface area contributed by atoms with E-state index in [4.69, 9.17) is 4.74 Å². The van der Waals surface area contributed by atoms with E-state index < -0.39 is 31.9 Å². The third kappa shape index (κ3) is 7.98. The second-order valence-electron chi connectivity index (χ2n) is 10.7. The molecular weight excluding hydrogens is 672 g/mol. The van der Waals surface area contributed by atoms with E-state index in [9.17, 15) is 25.9 Å². The van der Waals surface area contributed by atoms with Crippen LogP contribution in [0.1, 0.15) is 24.8 Å². The van der Waals surface area contributed by atoms with Crippen LogP contribution in [0.3, 0.4) is 0 Å². The Balaban J connectivity index is 0.00000417. The van der Waals surface area contributed by atoms with Crippen LogP contribution in [0.25, 0.3) is 38.2 Å². The van der Waals surface area contributed by atoms with E-state index in [0.717, 1.165) is 42.7 Å². The van der Waals surface area contributed by atoms with Crippen LogP contribution in [0.2, 0.25) is 0 Å². The van der Waals surface area contributed by atoms with Crippen molar-refractivity contribution in [2.45, 2.75) is 26.3 Å². The average Bonchev–Trinajstić information content (AvgIpc) is 3.52. The van der Waals surface area contributed by atoms with Crippen LogP contribution in [0.4, 0.5) is 5.69 Å². The molecule has 4 aromatic carbocycles. The first-order valence-corrected chi connectivity index (χ1v) is 18.2. The Bertz CT molecular complexity index is 2200. The van der Waals surface area contributed by atoms with E-state index >= 15 is 0 Å². The molecule has 1 aliphatic rings. The molecule has 0 saturated carbocycles. The average molecular weight is 701 g/mol. The molecule has 2 heterocycles. The van der Waals surface area contributed by atoms with Crippen molar-refractivity contribution in [3.05, 3.63) is 107 Å². The van der Waals surface area contributed by atoms with Gasteiger partial charge in [0.15, 0.2) is 12.3 Å². The molecule has 0 saturated heterocycles. The summed E-state index contributed by atoms with van der Waals surface area (Å²) < 4.78 is 79.3. The zero-order valence-electron chi connectivity index (χ0n) is 25.3. The number of aromatic nitrogens is 1. The monoisotopic (exact) mass is 700 g/mol. The van der Waals surface area contributed by atoms with E-state index in [1.165, 1.54) is 16.2 Å². The molecule has 232 valence electrons. The van der Waals surface area contributed by atoms with Crippen LogP contribution in [-0.2, 0) is 26.8 Å². The Morgan fingerprint density at radius 1 is 0.913 bits per heavy atom. The number of fused-ring (bicyclic) bond motifs is 4. The second-order valence-corrected chi connectivity index (χ2v) is 14.6. The molecule has 0 atom stereocenters. The molecular formula is C33H29KN2O7S3. The van der Waals surface area contributed by atoms with Crippen LogP contribution in [0.5, 0.6) is 5.75 Å². The molecule has 9 nitrogen and oxygen atoms in total. The molecule has 13 heteroatoms. The van der Waals surface area contributed by atoms with Gasteiger partial charge in [0.05, 0.1) is 21.2 Å². The summed E-state index contributed by atoms with van der Waals surface area (Å²) in [5.41, 5.74) is 3.98. The number of hydrogen-bond donors (Lipinski definition) is 0. The maximum Gasteiger partial charge on any atom is 1.00 e. The summed E-state index contributed by atoms with van der Waals surface area (Å²) >= 11 is 1.53. The van der Waals surface area contributed by atoms with Gasteiger partial charge in [0.25, 0.3) is 5.01 Å². The largest absolute Gasteiger partial charge is 1.00 e. The predicted molar refractivity (Wildman–Crippen MR) is 175 cm³/mol. The van der Waals surface area contributed by atoms with Crippen LogP contribution in [0, 0.1) is 0 Å². The molecule has 0 N–H and O–H groups in total. The Labute approximate surface area is 314 Å². The van der Waals surface area contributed by atoms with E-state index in [2.05, 4.69) is 0 Å². The van der Waals surface area contributed by atoms with Gasteiger partial charge in [0.1, 0.15) is 20.7 Å². The Morgan fingerprint density at radius 2 is 1.65 bits per heavy atom. The minimum Gasteiger partial charge on any atom is -0.748 e. The normalized spacial score (nSPS) is 14.5. The van der Waals surface area contributed by atoms with Crippen molar-refractivity contribution in [3.8, 4) is 16.9 Å². The summed E-state index contributed by atoms with van der Waals surface area (Å²) in [6, 6.07) is 27.0. The zero-order valence-corrected chi connectivity index (χ0v) is 30.8. The van der Waals surface area contributed by atoms with Crippen molar-refractivity contribution in [3.63, 3.8) is 0 Å². The van der Waals surface area contributed by atoms with Gasteiger partial charge in [-0.1, -0.05) is 78.9 Å². The maximum absolute atomic E-state index is 12.0. The first kappa shape index (κ1) is 34.9. The van der Waals surface area contributed by atoms with Crippen molar-refractivity contribution in [1.29, 1.82) is 0 Å². The molecule has 1 aliphatic heterocycles. The molecule has 5 aromatic rings. The third-order valence-electron chi connectivity index (χ3n) is 7.54. The number of rotatable bonds is 10. The van der Waals surface area contributed by atoms with Gasteiger partial charge < -0.3 is 13.8 Å². The molecule has 1 aromatic heterocycles. The van der Waals surface area contributed by atoms with Gasteiger partial charge in [0, 0.05) is 24.3 Å². The van der Waals surface area contributed by atoms with Gasteiger partial charge in [-0.15, -0.1) is 0 Å². The summed E-state index contributed by atoms with van der Waals surface area (Å²) in [5.74, 6) is -0.647. The number of aryl methyl sites for hydroxylation is 1. The number of thiazole rings is 1. The number of nitrogens with zero attached hydrogens (tertiary/aromatic N) is 2. The standard InChI is InChI=1S/C33H30N2O7S3.K/c1-2-23(19-31-35(22-45(39,40)41)28-21-26(13-15-29(28)42-31)24-9-4-3-5-10-24)20-32-34(17-8-18-44(36,37)38)33-27-12-7-6-11-25(27)14-16-30(33)43-32;/h3-7,9-16,19-21H,2,8,17-18,22H2,1H3,(H-,36,37,38,39,40,41);/q;+1/p-1. The topological polar surface area (TPSA) is 131 Å². The maximum atomic E-state index is 12.0. The van der Waals surface area contributed by atoms with Crippen LogP contribution >= 0.6 is 11.3 Å². The Hall–Kier alpha value is -2.43.